The predicted octanol–water partition coefficient (Wildman–Crippen LogP) is 0.244. The summed E-state index contributed by atoms with van der Waals surface area (Å²) < 4.78 is 26.1. The molecule has 1 amide bonds. The van der Waals surface area contributed by atoms with E-state index in [2.05, 4.69) is 15.5 Å². The van der Waals surface area contributed by atoms with Gasteiger partial charge in [0.15, 0.2) is 0 Å². The molecule has 1 aromatic rings. The Morgan fingerprint density at radius 3 is 2.60 bits per heavy atom. The molecule has 1 aromatic heterocycles. The number of anilines is 1. The highest BCUT2D eigenvalue weighted by Crippen LogP contribution is 2.24. The molecule has 1 heterocycles. The highest BCUT2D eigenvalue weighted by Gasteiger charge is 2.30. The summed E-state index contributed by atoms with van der Waals surface area (Å²) in [5, 5.41) is 9.87. The SMILES string of the molecule is CC(=O)Nc1nnc(S(=O)(=O)N(CCCN)C(C)C)s1. The fraction of sp³-hybridized carbons (Fsp3) is 0.700. The third-order valence-corrected chi connectivity index (χ3v) is 5.64. The number of hydrogen-bond donors (Lipinski definition) is 2. The maximum Gasteiger partial charge on any atom is 0.272 e. The van der Waals surface area contributed by atoms with E-state index in [-0.39, 0.29) is 21.4 Å². The van der Waals surface area contributed by atoms with Gasteiger partial charge in [0, 0.05) is 19.5 Å². The van der Waals surface area contributed by atoms with E-state index in [1.54, 1.807) is 13.8 Å². The molecule has 0 saturated heterocycles. The van der Waals surface area contributed by atoms with Crippen LogP contribution < -0.4 is 11.1 Å². The van der Waals surface area contributed by atoms with E-state index >= 15 is 0 Å². The summed E-state index contributed by atoms with van der Waals surface area (Å²) >= 11 is 0.832. The molecule has 0 radical (unpaired) electrons. The fourth-order valence-electron chi connectivity index (χ4n) is 1.52. The average molecular weight is 321 g/mol. The minimum absolute atomic E-state index is 0.132. The number of nitrogens with one attached hydrogen (secondary N) is 1. The van der Waals surface area contributed by atoms with Gasteiger partial charge in [-0.2, -0.15) is 4.31 Å². The number of carbonyl (C=O) groups is 1. The van der Waals surface area contributed by atoms with Crippen molar-refractivity contribution < 1.29 is 13.2 Å². The van der Waals surface area contributed by atoms with Crippen LogP contribution >= 0.6 is 11.3 Å². The molecule has 10 heteroatoms. The topological polar surface area (TPSA) is 118 Å². The number of nitrogens with zero attached hydrogens (tertiary/aromatic N) is 3. The van der Waals surface area contributed by atoms with Gasteiger partial charge in [-0.25, -0.2) is 8.42 Å². The lowest BCUT2D eigenvalue weighted by Gasteiger charge is -2.24. The van der Waals surface area contributed by atoms with Gasteiger partial charge in [0.1, 0.15) is 0 Å². The molecule has 0 aliphatic carbocycles. The van der Waals surface area contributed by atoms with Crippen molar-refractivity contribution in [2.24, 2.45) is 5.73 Å². The van der Waals surface area contributed by atoms with E-state index in [1.165, 1.54) is 11.2 Å². The maximum atomic E-state index is 12.5. The van der Waals surface area contributed by atoms with Gasteiger partial charge >= 0.3 is 0 Å². The van der Waals surface area contributed by atoms with Crippen molar-refractivity contribution in [3.8, 4) is 0 Å². The average Bonchev–Trinajstić information content (AvgIpc) is 2.77. The lowest BCUT2D eigenvalue weighted by atomic mass is 10.3. The molecule has 20 heavy (non-hydrogen) atoms. The first-order chi connectivity index (χ1) is 9.28. The van der Waals surface area contributed by atoms with Gasteiger partial charge < -0.3 is 11.1 Å². The predicted molar refractivity (Wildman–Crippen MR) is 76.9 cm³/mol. The molecule has 0 unspecified atom stereocenters. The van der Waals surface area contributed by atoms with Crippen LogP contribution in [0.3, 0.4) is 0 Å². The zero-order chi connectivity index (χ0) is 15.3. The van der Waals surface area contributed by atoms with E-state index in [9.17, 15) is 13.2 Å². The zero-order valence-corrected chi connectivity index (χ0v) is 13.3. The second-order valence-corrected chi connectivity index (χ2v) is 7.45. The van der Waals surface area contributed by atoms with Crippen molar-refractivity contribution in [3.63, 3.8) is 0 Å². The second kappa shape index (κ2) is 7.07. The Labute approximate surface area is 122 Å². The van der Waals surface area contributed by atoms with Crippen LogP contribution in [0.2, 0.25) is 0 Å². The quantitative estimate of drug-likeness (QED) is 0.695. The molecule has 3 N–H and O–H groups in total. The molecule has 0 saturated carbocycles. The Hall–Kier alpha value is -1.10. The number of aromatic nitrogens is 2. The van der Waals surface area contributed by atoms with E-state index < -0.39 is 10.0 Å². The lowest BCUT2D eigenvalue weighted by Crippen LogP contribution is -2.38. The second-order valence-electron chi connectivity index (χ2n) is 4.41. The Morgan fingerprint density at radius 2 is 2.10 bits per heavy atom. The maximum absolute atomic E-state index is 12.5. The molecule has 1 rings (SSSR count). The number of carbonyl (C=O) groups excluding carboxylic acids is 1. The van der Waals surface area contributed by atoms with Crippen molar-refractivity contribution in [2.45, 2.75) is 37.6 Å². The van der Waals surface area contributed by atoms with Crippen molar-refractivity contribution in [2.75, 3.05) is 18.4 Å². The van der Waals surface area contributed by atoms with Crippen LogP contribution in [-0.2, 0) is 14.8 Å². The number of amides is 1. The van der Waals surface area contributed by atoms with Crippen molar-refractivity contribution >= 4 is 32.4 Å². The monoisotopic (exact) mass is 321 g/mol. The van der Waals surface area contributed by atoms with Crippen LogP contribution in [0.15, 0.2) is 4.34 Å². The Kier molecular flexibility index (Phi) is 5.99. The standard InChI is InChI=1S/C10H19N5O3S2/c1-7(2)15(6-4-5-11)20(17,18)10-14-13-9(19-10)12-8(3)16/h7H,4-6,11H2,1-3H3,(H,12,13,16). The molecule has 0 fully saturated rings. The molecule has 0 aliphatic heterocycles. The molecule has 0 aliphatic rings. The van der Waals surface area contributed by atoms with E-state index in [1.807, 2.05) is 0 Å². The number of sulfonamides is 1. The highest BCUT2D eigenvalue weighted by molar-refractivity contribution is 7.91. The van der Waals surface area contributed by atoms with Gasteiger partial charge in [0.25, 0.3) is 10.0 Å². The van der Waals surface area contributed by atoms with Crippen LogP contribution in [-0.4, -0.2) is 48.0 Å². The molecular formula is C10H19N5O3S2. The Bertz CT molecular complexity index is 555. The van der Waals surface area contributed by atoms with Crippen LogP contribution in [0.5, 0.6) is 0 Å². The molecule has 0 bridgehead atoms. The first-order valence-corrected chi connectivity index (χ1v) is 8.37. The lowest BCUT2D eigenvalue weighted by molar-refractivity contribution is -0.114. The van der Waals surface area contributed by atoms with Gasteiger partial charge in [0.05, 0.1) is 0 Å². The summed E-state index contributed by atoms with van der Waals surface area (Å²) in [5.74, 6) is -0.325. The van der Waals surface area contributed by atoms with Gasteiger partial charge in [-0.3, -0.25) is 4.79 Å². The summed E-state index contributed by atoms with van der Waals surface area (Å²) in [4.78, 5) is 10.9. The molecular weight excluding hydrogens is 302 g/mol. The number of rotatable bonds is 7. The van der Waals surface area contributed by atoms with E-state index in [0.717, 1.165) is 11.3 Å². The van der Waals surface area contributed by atoms with Gasteiger partial charge in [-0.05, 0) is 26.8 Å². The largest absolute Gasteiger partial charge is 0.330 e. The first-order valence-electron chi connectivity index (χ1n) is 6.12. The summed E-state index contributed by atoms with van der Waals surface area (Å²) in [7, 11) is -3.72. The highest BCUT2D eigenvalue weighted by atomic mass is 32.2. The summed E-state index contributed by atoms with van der Waals surface area (Å²) in [6, 6.07) is -0.209. The van der Waals surface area contributed by atoms with Gasteiger partial charge in [-0.1, -0.05) is 11.3 Å². The number of hydrogen-bond acceptors (Lipinski definition) is 7. The summed E-state index contributed by atoms with van der Waals surface area (Å²) in [6.45, 7) is 5.61. The van der Waals surface area contributed by atoms with E-state index in [0.29, 0.717) is 19.5 Å². The van der Waals surface area contributed by atoms with E-state index in [4.69, 9.17) is 5.73 Å². The third kappa shape index (κ3) is 4.20. The van der Waals surface area contributed by atoms with Crippen molar-refractivity contribution in [3.05, 3.63) is 0 Å². The Balaban J connectivity index is 3.00. The summed E-state index contributed by atoms with van der Waals surface area (Å²) in [6.07, 6.45) is 0.564. The minimum Gasteiger partial charge on any atom is -0.330 e. The normalized spacial score (nSPS) is 12.1. The summed E-state index contributed by atoms with van der Waals surface area (Å²) in [5.41, 5.74) is 5.42. The van der Waals surface area contributed by atoms with Gasteiger partial charge in [0.2, 0.25) is 15.4 Å². The van der Waals surface area contributed by atoms with Crippen molar-refractivity contribution in [1.82, 2.24) is 14.5 Å². The first kappa shape index (κ1) is 17.0. The van der Waals surface area contributed by atoms with Crippen LogP contribution in [0.25, 0.3) is 0 Å². The third-order valence-electron chi connectivity index (χ3n) is 2.38. The fourth-order valence-corrected chi connectivity index (χ4v) is 4.26. The van der Waals surface area contributed by atoms with Crippen LogP contribution in [0.4, 0.5) is 5.13 Å². The van der Waals surface area contributed by atoms with Gasteiger partial charge in [-0.15, -0.1) is 10.2 Å². The minimum atomic E-state index is -3.72. The zero-order valence-electron chi connectivity index (χ0n) is 11.7. The van der Waals surface area contributed by atoms with Crippen molar-refractivity contribution in [1.29, 1.82) is 0 Å². The molecule has 114 valence electrons. The number of nitrogens with two attached hydrogens (primary N) is 1. The van der Waals surface area contributed by atoms with Crippen LogP contribution in [0.1, 0.15) is 27.2 Å². The smallest absolute Gasteiger partial charge is 0.272 e. The molecule has 0 aromatic carbocycles. The molecule has 0 atom stereocenters. The van der Waals surface area contributed by atoms with Crippen LogP contribution in [0, 0.1) is 0 Å². The Morgan fingerprint density at radius 1 is 1.45 bits per heavy atom. The molecule has 8 nitrogen and oxygen atoms in total. The molecule has 0 spiro atoms.